The molecular formula is C14H18FN3O2. The van der Waals surface area contributed by atoms with Gasteiger partial charge in [0.05, 0.1) is 5.56 Å². The average molecular weight is 279 g/mol. The van der Waals surface area contributed by atoms with Crippen LogP contribution in [-0.2, 0) is 4.79 Å². The molecule has 2 amide bonds. The molecule has 108 valence electrons. The van der Waals surface area contributed by atoms with Gasteiger partial charge in [-0.1, -0.05) is 0 Å². The van der Waals surface area contributed by atoms with Gasteiger partial charge in [-0.25, -0.2) is 4.39 Å². The lowest BCUT2D eigenvalue weighted by Crippen LogP contribution is -2.42. The lowest BCUT2D eigenvalue weighted by molar-refractivity contribution is -0.127. The quantitative estimate of drug-likeness (QED) is 0.812. The minimum Gasteiger partial charge on any atom is -0.398 e. The predicted molar refractivity (Wildman–Crippen MR) is 73.6 cm³/mol. The molecule has 1 heterocycles. The van der Waals surface area contributed by atoms with Crippen LogP contribution in [0.3, 0.4) is 0 Å². The third-order valence-electron chi connectivity index (χ3n) is 3.30. The number of nitrogen functional groups attached to an aromatic ring is 1. The third kappa shape index (κ3) is 3.26. The Morgan fingerprint density at radius 1 is 1.55 bits per heavy atom. The first-order valence-electron chi connectivity index (χ1n) is 6.61. The molecule has 0 radical (unpaired) electrons. The van der Waals surface area contributed by atoms with E-state index in [0.717, 1.165) is 19.0 Å². The number of hydrogen-bond acceptors (Lipinski definition) is 3. The van der Waals surface area contributed by atoms with Gasteiger partial charge < -0.3 is 16.0 Å². The molecule has 1 aliphatic rings. The molecule has 1 unspecified atom stereocenters. The Hall–Kier alpha value is -2.11. The fraction of sp³-hybridized carbons (Fsp3) is 0.429. The van der Waals surface area contributed by atoms with Crippen LogP contribution >= 0.6 is 0 Å². The van der Waals surface area contributed by atoms with Gasteiger partial charge in [-0.3, -0.25) is 9.59 Å². The largest absolute Gasteiger partial charge is 0.398 e. The van der Waals surface area contributed by atoms with Gasteiger partial charge in [-0.2, -0.15) is 0 Å². The van der Waals surface area contributed by atoms with Crippen molar-refractivity contribution in [2.45, 2.75) is 25.8 Å². The Morgan fingerprint density at radius 3 is 2.95 bits per heavy atom. The van der Waals surface area contributed by atoms with Crippen LogP contribution in [-0.4, -0.2) is 35.8 Å². The zero-order valence-electron chi connectivity index (χ0n) is 11.4. The van der Waals surface area contributed by atoms with Crippen LogP contribution in [0.5, 0.6) is 0 Å². The first-order chi connectivity index (χ1) is 9.47. The number of hydrogen-bond donors (Lipinski definition) is 2. The van der Waals surface area contributed by atoms with E-state index in [-0.39, 0.29) is 23.2 Å². The van der Waals surface area contributed by atoms with Gasteiger partial charge in [-0.15, -0.1) is 0 Å². The van der Waals surface area contributed by atoms with E-state index in [1.54, 1.807) is 11.8 Å². The van der Waals surface area contributed by atoms with Crippen LogP contribution < -0.4 is 11.1 Å². The second-order valence-corrected chi connectivity index (χ2v) is 5.05. The van der Waals surface area contributed by atoms with E-state index in [4.69, 9.17) is 5.73 Å². The molecule has 1 aromatic rings. The molecule has 2 rings (SSSR count). The van der Waals surface area contributed by atoms with E-state index in [9.17, 15) is 14.0 Å². The minimum atomic E-state index is -0.508. The lowest BCUT2D eigenvalue weighted by Gasteiger charge is -2.22. The Labute approximate surface area is 116 Å². The molecule has 0 bridgehead atoms. The highest BCUT2D eigenvalue weighted by molar-refractivity contribution is 5.99. The Bertz CT molecular complexity index is 533. The number of nitrogens with one attached hydrogen (secondary N) is 1. The zero-order valence-corrected chi connectivity index (χ0v) is 11.4. The normalized spacial score (nSPS) is 16.3. The molecule has 5 nitrogen and oxygen atoms in total. The highest BCUT2D eigenvalue weighted by atomic mass is 19.1. The van der Waals surface area contributed by atoms with Crippen LogP contribution in [0, 0.1) is 5.82 Å². The maximum absolute atomic E-state index is 13.1. The Kier molecular flexibility index (Phi) is 4.22. The molecule has 1 aliphatic heterocycles. The van der Waals surface area contributed by atoms with Crippen molar-refractivity contribution < 1.29 is 14.0 Å². The highest BCUT2D eigenvalue weighted by Gasteiger charge is 2.23. The smallest absolute Gasteiger partial charge is 0.253 e. The average Bonchev–Trinajstić information content (AvgIpc) is 2.77. The molecule has 0 aromatic heterocycles. The number of nitrogens with two attached hydrogens (primary N) is 1. The van der Waals surface area contributed by atoms with Gasteiger partial charge >= 0.3 is 0 Å². The summed E-state index contributed by atoms with van der Waals surface area (Å²) in [4.78, 5) is 25.3. The van der Waals surface area contributed by atoms with E-state index >= 15 is 0 Å². The summed E-state index contributed by atoms with van der Waals surface area (Å²) in [6.07, 6.45) is 1.42. The zero-order chi connectivity index (χ0) is 14.7. The number of benzene rings is 1. The molecule has 0 spiro atoms. The van der Waals surface area contributed by atoms with Crippen LogP contribution in [0.1, 0.15) is 30.1 Å². The van der Waals surface area contributed by atoms with Gasteiger partial charge in [0.1, 0.15) is 5.82 Å². The molecule has 20 heavy (non-hydrogen) atoms. The summed E-state index contributed by atoms with van der Waals surface area (Å²) in [6, 6.07) is 3.46. The number of nitrogens with zero attached hydrogens (tertiary/aromatic N) is 1. The van der Waals surface area contributed by atoms with E-state index in [0.29, 0.717) is 13.0 Å². The van der Waals surface area contributed by atoms with Crippen molar-refractivity contribution in [2.75, 3.05) is 18.8 Å². The summed E-state index contributed by atoms with van der Waals surface area (Å²) in [5.74, 6) is -0.829. The van der Waals surface area contributed by atoms with Crippen molar-refractivity contribution in [3.63, 3.8) is 0 Å². The summed E-state index contributed by atoms with van der Waals surface area (Å²) in [7, 11) is 0. The second kappa shape index (κ2) is 5.90. The van der Waals surface area contributed by atoms with Crippen LogP contribution in [0.4, 0.5) is 10.1 Å². The lowest BCUT2D eigenvalue weighted by atomic mass is 10.1. The molecule has 1 aromatic carbocycles. The molecule has 3 N–H and O–H groups in total. The van der Waals surface area contributed by atoms with Crippen LogP contribution in [0.25, 0.3) is 0 Å². The van der Waals surface area contributed by atoms with Crippen LogP contribution in [0.2, 0.25) is 0 Å². The monoisotopic (exact) mass is 279 g/mol. The van der Waals surface area contributed by atoms with Crippen molar-refractivity contribution >= 4 is 17.5 Å². The molecule has 0 saturated carbocycles. The number of rotatable bonds is 4. The van der Waals surface area contributed by atoms with Crippen molar-refractivity contribution in [3.05, 3.63) is 29.6 Å². The van der Waals surface area contributed by atoms with Crippen molar-refractivity contribution in [3.8, 4) is 0 Å². The van der Waals surface area contributed by atoms with Gasteiger partial charge in [0.15, 0.2) is 0 Å². The second-order valence-electron chi connectivity index (χ2n) is 5.05. The molecule has 1 fully saturated rings. The van der Waals surface area contributed by atoms with E-state index in [1.807, 2.05) is 0 Å². The molecule has 1 atom stereocenters. The standard InChI is InChI=1S/C14H18FN3O2/c1-9(8-18-6-2-3-13(18)19)17-14(20)11-7-10(15)4-5-12(11)16/h4-5,7,9H,2-3,6,8,16H2,1H3,(H,17,20). The summed E-state index contributed by atoms with van der Waals surface area (Å²) in [5, 5.41) is 2.73. The van der Waals surface area contributed by atoms with E-state index < -0.39 is 11.7 Å². The summed E-state index contributed by atoms with van der Waals surface area (Å²) >= 11 is 0. The number of carbonyl (C=O) groups is 2. The summed E-state index contributed by atoms with van der Waals surface area (Å²) in [6.45, 7) is 2.99. The topological polar surface area (TPSA) is 75.4 Å². The molecule has 1 saturated heterocycles. The third-order valence-corrected chi connectivity index (χ3v) is 3.30. The summed E-state index contributed by atoms with van der Waals surface area (Å²) < 4.78 is 13.1. The van der Waals surface area contributed by atoms with Crippen molar-refractivity contribution in [1.29, 1.82) is 0 Å². The number of likely N-dealkylation sites (tertiary alicyclic amines) is 1. The van der Waals surface area contributed by atoms with Gasteiger partial charge in [0.25, 0.3) is 5.91 Å². The van der Waals surface area contributed by atoms with E-state index in [2.05, 4.69) is 5.32 Å². The number of amides is 2. The van der Waals surface area contributed by atoms with Crippen molar-refractivity contribution in [1.82, 2.24) is 10.2 Å². The molecular weight excluding hydrogens is 261 g/mol. The first-order valence-corrected chi connectivity index (χ1v) is 6.61. The Balaban J connectivity index is 1.96. The fourth-order valence-electron chi connectivity index (χ4n) is 2.30. The van der Waals surface area contributed by atoms with Gasteiger partial charge in [0.2, 0.25) is 5.91 Å². The number of carbonyl (C=O) groups excluding carboxylic acids is 2. The number of halogens is 1. The molecule has 6 heteroatoms. The fourth-order valence-corrected chi connectivity index (χ4v) is 2.30. The predicted octanol–water partition coefficient (Wildman–Crippen LogP) is 1.15. The Morgan fingerprint density at radius 2 is 2.30 bits per heavy atom. The summed E-state index contributed by atoms with van der Waals surface area (Å²) in [5.41, 5.74) is 6.01. The van der Waals surface area contributed by atoms with Crippen molar-refractivity contribution in [2.24, 2.45) is 0 Å². The number of anilines is 1. The van der Waals surface area contributed by atoms with Gasteiger partial charge in [0, 0.05) is 31.2 Å². The van der Waals surface area contributed by atoms with E-state index in [1.165, 1.54) is 12.1 Å². The minimum absolute atomic E-state index is 0.108. The maximum Gasteiger partial charge on any atom is 0.253 e. The molecule has 0 aliphatic carbocycles. The maximum atomic E-state index is 13.1. The van der Waals surface area contributed by atoms with Crippen LogP contribution in [0.15, 0.2) is 18.2 Å². The first kappa shape index (κ1) is 14.3. The van der Waals surface area contributed by atoms with Gasteiger partial charge in [-0.05, 0) is 31.5 Å². The highest BCUT2D eigenvalue weighted by Crippen LogP contribution is 2.14. The SMILES string of the molecule is CC(CN1CCCC1=O)NC(=O)c1cc(F)ccc1N.